The molecule has 0 aliphatic carbocycles. The van der Waals surface area contributed by atoms with Crippen molar-refractivity contribution in [2.24, 2.45) is 0 Å². The highest BCUT2D eigenvalue weighted by atomic mass is 16.7. The lowest BCUT2D eigenvalue weighted by Gasteiger charge is -2.21. The number of rotatable bonds is 19. The summed E-state index contributed by atoms with van der Waals surface area (Å²) in [6.45, 7) is 12.4. The standard InChI is InChI=1S/C51H44O9/c1-5-9-10-36-29-44(33-11-17-37(18-12-33)55-27-28-56-47(52)6-2)41-25-26-43-46(35-15-21-39(22-16-35)58-32-60-49(54)8-4)30-45(42-24-23-40(36)50(41)51(42)43)34-13-19-38(20-14-34)57-31-59-48(53)7-3/h6-8,11-26,29-30H,2-5,9-10,27-28,31-32H2,1H3. The molecule has 0 aromatic heterocycles. The van der Waals surface area contributed by atoms with Crippen LogP contribution in [-0.2, 0) is 35.0 Å². The molecule has 0 saturated carbocycles. The first-order valence-electron chi connectivity index (χ1n) is 19.7. The van der Waals surface area contributed by atoms with E-state index in [0.717, 1.165) is 92.4 Å². The zero-order valence-corrected chi connectivity index (χ0v) is 33.4. The molecule has 7 aromatic carbocycles. The smallest absolute Gasteiger partial charge is 0.333 e. The van der Waals surface area contributed by atoms with E-state index in [1.807, 2.05) is 60.7 Å². The van der Waals surface area contributed by atoms with Crippen LogP contribution in [-0.4, -0.2) is 44.7 Å². The number of carbonyl (C=O) groups is 3. The number of esters is 3. The van der Waals surface area contributed by atoms with Gasteiger partial charge in [-0.3, -0.25) is 0 Å². The molecule has 0 N–H and O–H groups in total. The predicted molar refractivity (Wildman–Crippen MR) is 235 cm³/mol. The maximum atomic E-state index is 11.5. The van der Waals surface area contributed by atoms with Crippen molar-refractivity contribution in [1.29, 1.82) is 0 Å². The highest BCUT2D eigenvalue weighted by Crippen LogP contribution is 2.47. The quantitative estimate of drug-likeness (QED) is 0.0197. The molecule has 0 unspecified atom stereocenters. The minimum atomic E-state index is -0.559. The van der Waals surface area contributed by atoms with Gasteiger partial charge in [0.25, 0.3) is 0 Å². The number of aryl methyl sites for hydroxylation is 1. The van der Waals surface area contributed by atoms with Crippen LogP contribution in [0.5, 0.6) is 17.2 Å². The predicted octanol–water partition coefficient (Wildman–Crippen LogP) is 11.2. The Hall–Kier alpha value is -7.39. The molecule has 60 heavy (non-hydrogen) atoms. The molecule has 0 aliphatic rings. The third-order valence-electron chi connectivity index (χ3n) is 10.2. The number of unbranched alkanes of at least 4 members (excludes halogenated alkanes) is 1. The summed E-state index contributed by atoms with van der Waals surface area (Å²) in [5.41, 5.74) is 7.49. The van der Waals surface area contributed by atoms with Crippen LogP contribution >= 0.6 is 0 Å². The fourth-order valence-electron chi connectivity index (χ4n) is 7.34. The summed E-state index contributed by atoms with van der Waals surface area (Å²) in [5.74, 6) is 0.186. The van der Waals surface area contributed by atoms with Crippen molar-refractivity contribution < 1.29 is 42.8 Å². The Morgan fingerprint density at radius 2 is 0.883 bits per heavy atom. The first-order valence-corrected chi connectivity index (χ1v) is 19.7. The van der Waals surface area contributed by atoms with Gasteiger partial charge in [-0.15, -0.1) is 0 Å². The number of hydrogen-bond acceptors (Lipinski definition) is 9. The van der Waals surface area contributed by atoms with Crippen molar-refractivity contribution in [3.63, 3.8) is 0 Å². The third kappa shape index (κ3) is 9.01. The van der Waals surface area contributed by atoms with Crippen molar-refractivity contribution in [2.45, 2.75) is 26.2 Å². The van der Waals surface area contributed by atoms with E-state index in [-0.39, 0.29) is 26.8 Å². The zero-order chi connectivity index (χ0) is 42.0. The molecule has 9 heteroatoms. The van der Waals surface area contributed by atoms with E-state index in [1.54, 1.807) is 0 Å². The normalized spacial score (nSPS) is 10.9. The van der Waals surface area contributed by atoms with Gasteiger partial charge in [0.15, 0.2) is 0 Å². The summed E-state index contributed by atoms with van der Waals surface area (Å²) < 4.78 is 32.3. The average Bonchev–Trinajstić information content (AvgIpc) is 3.29. The minimum Gasteiger partial charge on any atom is -0.490 e. The van der Waals surface area contributed by atoms with Crippen molar-refractivity contribution in [3.8, 4) is 50.6 Å². The molecule has 0 aliphatic heterocycles. The Bertz CT molecular complexity index is 2590. The van der Waals surface area contributed by atoms with E-state index in [4.69, 9.17) is 28.4 Å². The van der Waals surface area contributed by atoms with E-state index in [2.05, 4.69) is 75.2 Å². The highest BCUT2D eigenvalue weighted by Gasteiger charge is 2.21. The Morgan fingerprint density at radius 3 is 1.33 bits per heavy atom. The fourth-order valence-corrected chi connectivity index (χ4v) is 7.34. The van der Waals surface area contributed by atoms with Gasteiger partial charge >= 0.3 is 17.9 Å². The fraction of sp³-hybridized carbons (Fsp3) is 0.157. The average molecular weight is 801 g/mol. The number of carbonyl (C=O) groups excluding carboxylic acids is 3. The van der Waals surface area contributed by atoms with Crippen molar-refractivity contribution >= 4 is 50.2 Å². The van der Waals surface area contributed by atoms with Crippen LogP contribution in [0.4, 0.5) is 0 Å². The van der Waals surface area contributed by atoms with Gasteiger partial charge in [0, 0.05) is 18.2 Å². The van der Waals surface area contributed by atoms with Crippen molar-refractivity contribution in [2.75, 3.05) is 26.8 Å². The maximum Gasteiger partial charge on any atom is 0.333 e. The van der Waals surface area contributed by atoms with Gasteiger partial charge in [-0.05, 0) is 133 Å². The molecule has 0 spiro atoms. The molecule has 0 bridgehead atoms. The first kappa shape index (κ1) is 40.8. The molecule has 0 heterocycles. The topological polar surface area (TPSA) is 107 Å². The van der Waals surface area contributed by atoms with E-state index in [0.29, 0.717) is 17.2 Å². The SMILES string of the molecule is C=CC(=O)OCCOc1ccc(-c2cc(CCCC)c3ccc4c(-c5ccc(OCOC(=O)C=C)cc5)cc(-c5ccc(OCOC(=O)C=C)cc5)c5ccc2c3c45)cc1. The molecule has 7 aromatic rings. The number of ether oxygens (including phenoxy) is 6. The molecule has 0 fully saturated rings. The Labute approximate surface area is 348 Å². The van der Waals surface area contributed by atoms with Crippen LogP contribution in [0, 0.1) is 0 Å². The second kappa shape index (κ2) is 18.9. The molecular weight excluding hydrogens is 757 g/mol. The van der Waals surface area contributed by atoms with Crippen LogP contribution in [0.2, 0.25) is 0 Å². The molecule has 7 rings (SSSR count). The van der Waals surface area contributed by atoms with Gasteiger partial charge in [-0.25, -0.2) is 14.4 Å². The van der Waals surface area contributed by atoms with Crippen LogP contribution in [0.1, 0.15) is 25.3 Å². The summed E-state index contributed by atoms with van der Waals surface area (Å²) in [7, 11) is 0. The maximum absolute atomic E-state index is 11.5. The highest BCUT2D eigenvalue weighted by molar-refractivity contribution is 6.30. The lowest BCUT2D eigenvalue weighted by Crippen LogP contribution is -2.10. The van der Waals surface area contributed by atoms with E-state index in [1.165, 1.54) is 16.3 Å². The van der Waals surface area contributed by atoms with E-state index < -0.39 is 17.9 Å². The van der Waals surface area contributed by atoms with Gasteiger partial charge in [0.2, 0.25) is 13.6 Å². The summed E-state index contributed by atoms with van der Waals surface area (Å²) in [6, 6.07) is 37.0. The van der Waals surface area contributed by atoms with Gasteiger partial charge in [0.05, 0.1) is 0 Å². The lowest BCUT2D eigenvalue weighted by molar-refractivity contribution is -0.145. The summed E-state index contributed by atoms with van der Waals surface area (Å²) in [4.78, 5) is 34.5. The Kier molecular flexibility index (Phi) is 12.9. The van der Waals surface area contributed by atoms with Crippen molar-refractivity contribution in [3.05, 3.63) is 153 Å². The zero-order valence-electron chi connectivity index (χ0n) is 33.4. The molecule has 9 nitrogen and oxygen atoms in total. The van der Waals surface area contributed by atoms with Crippen LogP contribution in [0.25, 0.3) is 65.7 Å². The Morgan fingerprint density at radius 1 is 0.483 bits per heavy atom. The molecule has 302 valence electrons. The van der Waals surface area contributed by atoms with E-state index in [9.17, 15) is 14.4 Å². The Balaban J connectivity index is 1.36. The summed E-state index contributed by atoms with van der Waals surface area (Å²) in [6.07, 6.45) is 6.35. The lowest BCUT2D eigenvalue weighted by atomic mass is 9.82. The van der Waals surface area contributed by atoms with Gasteiger partial charge in [-0.1, -0.05) is 93.7 Å². The largest absolute Gasteiger partial charge is 0.490 e. The van der Waals surface area contributed by atoms with Gasteiger partial charge < -0.3 is 28.4 Å². The second-order valence-corrected chi connectivity index (χ2v) is 13.9. The van der Waals surface area contributed by atoms with Crippen LogP contribution in [0.15, 0.2) is 147 Å². The molecule has 0 radical (unpaired) electrons. The van der Waals surface area contributed by atoms with Crippen molar-refractivity contribution in [1.82, 2.24) is 0 Å². The van der Waals surface area contributed by atoms with Gasteiger partial charge in [-0.2, -0.15) is 0 Å². The van der Waals surface area contributed by atoms with E-state index >= 15 is 0 Å². The monoisotopic (exact) mass is 800 g/mol. The third-order valence-corrected chi connectivity index (χ3v) is 10.2. The molecule has 0 amide bonds. The molecule has 0 saturated heterocycles. The van der Waals surface area contributed by atoms with Gasteiger partial charge in [0.1, 0.15) is 30.5 Å². The molecule has 0 atom stereocenters. The minimum absolute atomic E-state index is 0.128. The summed E-state index contributed by atoms with van der Waals surface area (Å²) >= 11 is 0. The second-order valence-electron chi connectivity index (χ2n) is 13.9. The van der Waals surface area contributed by atoms with Crippen LogP contribution < -0.4 is 14.2 Å². The van der Waals surface area contributed by atoms with Crippen LogP contribution in [0.3, 0.4) is 0 Å². The number of benzene rings is 7. The number of hydrogen-bond donors (Lipinski definition) is 0. The molecular formula is C51H44O9. The first-order chi connectivity index (χ1) is 29.3. The summed E-state index contributed by atoms with van der Waals surface area (Å²) in [5, 5.41) is 6.89.